The molecule has 0 spiro atoms. The molecule has 17 heavy (non-hydrogen) atoms. The third-order valence-corrected chi connectivity index (χ3v) is 2.94. The van der Waals surface area contributed by atoms with E-state index >= 15 is 0 Å². The van der Waals surface area contributed by atoms with Crippen LogP contribution in [-0.2, 0) is 10.0 Å². The fraction of sp³-hybridized carbons (Fsp3) is 0.364. The Morgan fingerprint density at radius 3 is 2.65 bits per heavy atom. The molecule has 2 rings (SSSR count). The fourth-order valence-corrected chi connectivity index (χ4v) is 2.22. The Balaban J connectivity index is 2.65. The molecule has 2 aromatic heterocycles. The normalized spacial score (nSPS) is 12.2. The van der Waals surface area contributed by atoms with Crippen molar-refractivity contribution in [1.82, 2.24) is 9.38 Å². The van der Waals surface area contributed by atoms with Crippen molar-refractivity contribution in [1.29, 1.82) is 0 Å². The van der Waals surface area contributed by atoms with Crippen LogP contribution in [0.4, 0.5) is 5.82 Å². The van der Waals surface area contributed by atoms with Crippen LogP contribution in [0.5, 0.6) is 0 Å². The molecule has 0 unspecified atom stereocenters. The molecule has 0 atom stereocenters. The molecular formula is C11H15N3O2S. The van der Waals surface area contributed by atoms with Crippen molar-refractivity contribution in [2.45, 2.75) is 19.8 Å². The number of fused-ring (bicyclic) bond motifs is 1. The van der Waals surface area contributed by atoms with E-state index in [1.54, 1.807) is 0 Å². The maximum atomic E-state index is 11.3. The van der Waals surface area contributed by atoms with Crippen LogP contribution in [0.1, 0.15) is 25.6 Å². The van der Waals surface area contributed by atoms with Crippen molar-refractivity contribution in [3.05, 3.63) is 30.2 Å². The average molecular weight is 253 g/mol. The van der Waals surface area contributed by atoms with Gasteiger partial charge in [-0.15, -0.1) is 0 Å². The summed E-state index contributed by atoms with van der Waals surface area (Å²) < 4.78 is 26.9. The highest BCUT2D eigenvalue weighted by molar-refractivity contribution is 7.92. The minimum Gasteiger partial charge on any atom is -0.301 e. The molecule has 1 N–H and O–H groups in total. The van der Waals surface area contributed by atoms with Gasteiger partial charge in [0.2, 0.25) is 10.0 Å². The van der Waals surface area contributed by atoms with E-state index in [1.165, 1.54) is 0 Å². The van der Waals surface area contributed by atoms with E-state index in [9.17, 15) is 8.42 Å². The smallest absolute Gasteiger partial charge is 0.231 e. The summed E-state index contributed by atoms with van der Waals surface area (Å²) in [5.41, 5.74) is 0.765. The van der Waals surface area contributed by atoms with Crippen LogP contribution in [0.25, 0.3) is 5.52 Å². The lowest BCUT2D eigenvalue weighted by molar-refractivity contribution is 0.606. The summed E-state index contributed by atoms with van der Waals surface area (Å²) in [5.74, 6) is 1.45. The molecule has 0 aliphatic carbocycles. The van der Waals surface area contributed by atoms with Crippen LogP contribution < -0.4 is 4.72 Å². The molecule has 0 saturated heterocycles. The predicted molar refractivity (Wildman–Crippen MR) is 67.7 cm³/mol. The van der Waals surface area contributed by atoms with Gasteiger partial charge in [-0.05, 0) is 12.1 Å². The average Bonchev–Trinajstić information content (AvgIpc) is 2.55. The maximum Gasteiger partial charge on any atom is 0.231 e. The van der Waals surface area contributed by atoms with Gasteiger partial charge in [0.15, 0.2) is 5.82 Å². The molecule has 2 aromatic rings. The molecule has 0 saturated carbocycles. The highest BCUT2D eigenvalue weighted by atomic mass is 32.2. The Bertz CT molecular complexity index is 644. The Hall–Kier alpha value is -1.56. The van der Waals surface area contributed by atoms with Crippen molar-refractivity contribution in [2.75, 3.05) is 11.0 Å². The highest BCUT2D eigenvalue weighted by Gasteiger charge is 2.15. The third kappa shape index (κ3) is 2.41. The number of hydrogen-bond acceptors (Lipinski definition) is 3. The molecule has 0 aromatic carbocycles. The zero-order valence-corrected chi connectivity index (χ0v) is 10.8. The Kier molecular flexibility index (Phi) is 2.82. The number of pyridine rings is 1. The number of rotatable bonds is 3. The molecule has 0 aliphatic heterocycles. The predicted octanol–water partition coefficient (Wildman–Crippen LogP) is 1.83. The lowest BCUT2D eigenvalue weighted by Gasteiger charge is -2.02. The van der Waals surface area contributed by atoms with Gasteiger partial charge in [-0.1, -0.05) is 19.9 Å². The number of imidazole rings is 1. The van der Waals surface area contributed by atoms with Crippen molar-refractivity contribution in [3.63, 3.8) is 0 Å². The molecule has 0 radical (unpaired) electrons. The highest BCUT2D eigenvalue weighted by Crippen LogP contribution is 2.23. The quantitative estimate of drug-likeness (QED) is 0.907. The van der Waals surface area contributed by atoms with Crippen LogP contribution in [-0.4, -0.2) is 24.1 Å². The zero-order valence-electron chi connectivity index (χ0n) is 10.0. The Morgan fingerprint density at radius 1 is 1.35 bits per heavy atom. The SMILES string of the molecule is CC(C)c1nc(NS(C)(=O)=O)c2ccccn12. The van der Waals surface area contributed by atoms with Gasteiger partial charge in [-0.25, -0.2) is 13.4 Å². The Labute approximate surface area is 101 Å². The van der Waals surface area contributed by atoms with Gasteiger partial charge in [0.05, 0.1) is 11.8 Å². The standard InChI is InChI=1S/C11H15N3O2S/c1-8(2)11-12-10(13-17(3,15)16)9-6-4-5-7-14(9)11/h4-8,13H,1-3H3. The molecule has 0 aliphatic rings. The molecule has 0 fully saturated rings. The van der Waals surface area contributed by atoms with Crippen molar-refractivity contribution >= 4 is 21.4 Å². The molecule has 0 bridgehead atoms. The van der Waals surface area contributed by atoms with Crippen LogP contribution in [0, 0.1) is 0 Å². The van der Waals surface area contributed by atoms with E-state index in [2.05, 4.69) is 9.71 Å². The topological polar surface area (TPSA) is 63.5 Å². The van der Waals surface area contributed by atoms with Gasteiger partial charge in [0.25, 0.3) is 0 Å². The van der Waals surface area contributed by atoms with Crippen LogP contribution in [0.15, 0.2) is 24.4 Å². The van der Waals surface area contributed by atoms with E-state index in [-0.39, 0.29) is 5.92 Å². The molecule has 5 nitrogen and oxygen atoms in total. The Morgan fingerprint density at radius 2 is 2.06 bits per heavy atom. The number of sulfonamides is 1. The van der Waals surface area contributed by atoms with E-state index in [4.69, 9.17) is 0 Å². The maximum absolute atomic E-state index is 11.3. The first-order valence-electron chi connectivity index (χ1n) is 5.33. The second-order valence-corrected chi connectivity index (χ2v) is 6.05. The van der Waals surface area contributed by atoms with Gasteiger partial charge >= 0.3 is 0 Å². The van der Waals surface area contributed by atoms with Crippen molar-refractivity contribution < 1.29 is 8.42 Å². The van der Waals surface area contributed by atoms with Gasteiger partial charge in [-0.3, -0.25) is 4.72 Å². The van der Waals surface area contributed by atoms with Crippen molar-refractivity contribution in [2.24, 2.45) is 0 Å². The largest absolute Gasteiger partial charge is 0.301 e. The lowest BCUT2D eigenvalue weighted by Crippen LogP contribution is -2.10. The first-order chi connectivity index (χ1) is 7.88. The number of hydrogen-bond donors (Lipinski definition) is 1. The monoisotopic (exact) mass is 253 g/mol. The summed E-state index contributed by atoms with van der Waals surface area (Å²) in [6, 6.07) is 5.59. The summed E-state index contributed by atoms with van der Waals surface area (Å²) in [4.78, 5) is 4.35. The van der Waals surface area contributed by atoms with Gasteiger partial charge < -0.3 is 4.40 Å². The van der Waals surface area contributed by atoms with E-state index in [1.807, 2.05) is 42.6 Å². The number of anilines is 1. The van der Waals surface area contributed by atoms with Gasteiger partial charge in [0, 0.05) is 12.1 Å². The third-order valence-electron chi connectivity index (χ3n) is 2.37. The first kappa shape index (κ1) is 11.9. The molecular weight excluding hydrogens is 238 g/mol. The zero-order chi connectivity index (χ0) is 12.6. The van der Waals surface area contributed by atoms with Gasteiger partial charge in [0.1, 0.15) is 5.82 Å². The fourth-order valence-electron chi connectivity index (χ4n) is 1.72. The molecule has 0 amide bonds. The summed E-state index contributed by atoms with van der Waals surface area (Å²) in [5, 5.41) is 0. The van der Waals surface area contributed by atoms with E-state index in [0.717, 1.165) is 17.6 Å². The molecule has 92 valence electrons. The molecule has 6 heteroatoms. The second-order valence-electron chi connectivity index (χ2n) is 4.30. The van der Waals surface area contributed by atoms with E-state index < -0.39 is 10.0 Å². The number of nitrogens with one attached hydrogen (secondary N) is 1. The lowest BCUT2D eigenvalue weighted by atomic mass is 10.2. The van der Waals surface area contributed by atoms with E-state index in [0.29, 0.717) is 5.82 Å². The van der Waals surface area contributed by atoms with Crippen LogP contribution in [0.3, 0.4) is 0 Å². The minimum atomic E-state index is -3.31. The number of nitrogens with zero attached hydrogens (tertiary/aromatic N) is 2. The molecule has 2 heterocycles. The summed E-state index contributed by atoms with van der Waals surface area (Å²) in [6.45, 7) is 4.04. The summed E-state index contributed by atoms with van der Waals surface area (Å²) >= 11 is 0. The number of aromatic nitrogens is 2. The minimum absolute atomic E-state index is 0.222. The van der Waals surface area contributed by atoms with Crippen molar-refractivity contribution in [3.8, 4) is 0 Å². The van der Waals surface area contributed by atoms with Crippen LogP contribution in [0.2, 0.25) is 0 Å². The summed E-state index contributed by atoms with van der Waals surface area (Å²) in [7, 11) is -3.31. The summed E-state index contributed by atoms with van der Waals surface area (Å²) in [6.07, 6.45) is 3.00. The second kappa shape index (κ2) is 4.03. The first-order valence-corrected chi connectivity index (χ1v) is 7.22. The van der Waals surface area contributed by atoms with Crippen LogP contribution >= 0.6 is 0 Å². The van der Waals surface area contributed by atoms with Gasteiger partial charge in [-0.2, -0.15) is 0 Å².